The molecule has 1 aromatic rings. The Kier molecular flexibility index (Phi) is 5.35. The molecule has 1 rings (SSSR count). The van der Waals surface area contributed by atoms with Crippen LogP contribution in [-0.4, -0.2) is 44.9 Å². The van der Waals surface area contributed by atoms with Crippen LogP contribution in [0.4, 0.5) is 4.79 Å². The van der Waals surface area contributed by atoms with Crippen molar-refractivity contribution in [2.24, 2.45) is 7.05 Å². The Bertz CT molecular complexity index is 444. The zero-order valence-corrected chi connectivity index (χ0v) is 11.5. The van der Waals surface area contributed by atoms with Gasteiger partial charge in [-0.25, -0.2) is 4.79 Å². The number of amides is 2. The van der Waals surface area contributed by atoms with Gasteiger partial charge in [0.15, 0.2) is 0 Å². The van der Waals surface area contributed by atoms with E-state index in [1.54, 1.807) is 24.9 Å². The molecule has 2 amide bonds. The maximum absolute atomic E-state index is 11.8. The lowest BCUT2D eigenvalue weighted by atomic mass is 10.2. The highest BCUT2D eigenvalue weighted by atomic mass is 16.4. The zero-order valence-electron chi connectivity index (χ0n) is 11.5. The molecule has 7 heteroatoms. The first kappa shape index (κ1) is 15.0. The predicted octanol–water partition coefficient (Wildman–Crippen LogP) is 0.815. The van der Waals surface area contributed by atoms with Crippen LogP contribution >= 0.6 is 0 Å². The molecule has 0 aliphatic carbocycles. The maximum Gasteiger partial charge on any atom is 0.317 e. The van der Waals surface area contributed by atoms with Gasteiger partial charge in [0, 0.05) is 38.3 Å². The largest absolute Gasteiger partial charge is 0.481 e. The standard InChI is InChI=1S/C12H20N4O3/c1-9(4-5-11(17)18)14-12(19)15(2)7-10-6-13-16(3)8-10/h6,8-9H,4-5,7H2,1-3H3,(H,14,19)(H,17,18). The third kappa shape index (κ3) is 5.41. The fourth-order valence-corrected chi connectivity index (χ4v) is 1.63. The van der Waals surface area contributed by atoms with Crippen LogP contribution < -0.4 is 5.32 Å². The lowest BCUT2D eigenvalue weighted by molar-refractivity contribution is -0.137. The molecule has 0 bridgehead atoms. The number of carboxylic acids is 1. The number of hydrogen-bond acceptors (Lipinski definition) is 3. The molecule has 0 saturated heterocycles. The van der Waals surface area contributed by atoms with Crippen LogP contribution in [0.1, 0.15) is 25.3 Å². The van der Waals surface area contributed by atoms with Gasteiger partial charge in [0.1, 0.15) is 0 Å². The van der Waals surface area contributed by atoms with E-state index in [4.69, 9.17) is 5.11 Å². The number of carboxylic acid groups (broad SMARTS) is 1. The van der Waals surface area contributed by atoms with Crippen LogP contribution in [0.15, 0.2) is 12.4 Å². The topological polar surface area (TPSA) is 87.5 Å². The van der Waals surface area contributed by atoms with Crippen molar-refractivity contribution in [3.63, 3.8) is 0 Å². The van der Waals surface area contributed by atoms with Gasteiger partial charge in [0.05, 0.1) is 12.7 Å². The van der Waals surface area contributed by atoms with Crippen molar-refractivity contribution < 1.29 is 14.7 Å². The smallest absolute Gasteiger partial charge is 0.317 e. The second kappa shape index (κ2) is 6.77. The molecule has 0 fully saturated rings. The maximum atomic E-state index is 11.8. The van der Waals surface area contributed by atoms with Gasteiger partial charge in [-0.3, -0.25) is 9.48 Å². The van der Waals surface area contributed by atoms with E-state index in [2.05, 4.69) is 10.4 Å². The number of urea groups is 1. The Balaban J connectivity index is 2.37. The molecule has 0 radical (unpaired) electrons. The summed E-state index contributed by atoms with van der Waals surface area (Å²) in [6.07, 6.45) is 4.02. The number of nitrogens with zero attached hydrogens (tertiary/aromatic N) is 3. The first-order valence-electron chi connectivity index (χ1n) is 6.09. The summed E-state index contributed by atoms with van der Waals surface area (Å²) in [5.41, 5.74) is 0.943. The minimum atomic E-state index is -0.857. The summed E-state index contributed by atoms with van der Waals surface area (Å²) in [5.74, 6) is -0.857. The molecule has 1 aromatic heterocycles. The summed E-state index contributed by atoms with van der Waals surface area (Å²) < 4.78 is 1.68. The molecule has 0 aliphatic rings. The van der Waals surface area contributed by atoms with Gasteiger partial charge in [-0.1, -0.05) is 0 Å². The van der Waals surface area contributed by atoms with E-state index in [9.17, 15) is 9.59 Å². The van der Waals surface area contributed by atoms with Crippen molar-refractivity contribution in [3.05, 3.63) is 18.0 Å². The zero-order chi connectivity index (χ0) is 14.4. The van der Waals surface area contributed by atoms with Gasteiger partial charge in [-0.15, -0.1) is 0 Å². The highest BCUT2D eigenvalue weighted by Gasteiger charge is 2.13. The third-order valence-corrected chi connectivity index (χ3v) is 2.69. The minimum absolute atomic E-state index is 0.0494. The van der Waals surface area contributed by atoms with Crippen molar-refractivity contribution in [2.75, 3.05) is 7.05 Å². The Labute approximate surface area is 112 Å². The van der Waals surface area contributed by atoms with Gasteiger partial charge in [-0.05, 0) is 13.3 Å². The van der Waals surface area contributed by atoms with E-state index in [1.807, 2.05) is 13.2 Å². The van der Waals surface area contributed by atoms with Crippen LogP contribution in [0.2, 0.25) is 0 Å². The van der Waals surface area contributed by atoms with Crippen LogP contribution in [0.3, 0.4) is 0 Å². The molecule has 1 unspecified atom stereocenters. The summed E-state index contributed by atoms with van der Waals surface area (Å²) >= 11 is 0. The highest BCUT2D eigenvalue weighted by Crippen LogP contribution is 2.03. The lowest BCUT2D eigenvalue weighted by Gasteiger charge is -2.20. The second-order valence-corrected chi connectivity index (χ2v) is 4.66. The van der Waals surface area contributed by atoms with Crippen molar-refractivity contribution in [3.8, 4) is 0 Å². The molecule has 2 N–H and O–H groups in total. The van der Waals surface area contributed by atoms with Crippen molar-refractivity contribution in [1.82, 2.24) is 20.0 Å². The number of aromatic nitrogens is 2. The number of hydrogen-bond donors (Lipinski definition) is 2. The van der Waals surface area contributed by atoms with E-state index >= 15 is 0 Å². The third-order valence-electron chi connectivity index (χ3n) is 2.69. The average Bonchev–Trinajstić information content (AvgIpc) is 2.72. The molecule has 1 heterocycles. The number of carbonyl (C=O) groups excluding carboxylic acids is 1. The van der Waals surface area contributed by atoms with Crippen LogP contribution in [-0.2, 0) is 18.4 Å². The molecule has 106 valence electrons. The van der Waals surface area contributed by atoms with Gasteiger partial charge in [0.2, 0.25) is 0 Å². The fourth-order valence-electron chi connectivity index (χ4n) is 1.63. The number of nitrogens with one attached hydrogen (secondary N) is 1. The summed E-state index contributed by atoms with van der Waals surface area (Å²) in [7, 11) is 3.50. The summed E-state index contributed by atoms with van der Waals surface area (Å²) in [6, 6.07) is -0.387. The lowest BCUT2D eigenvalue weighted by Crippen LogP contribution is -2.41. The van der Waals surface area contributed by atoms with Gasteiger partial charge >= 0.3 is 12.0 Å². The first-order valence-corrected chi connectivity index (χ1v) is 6.09. The number of aliphatic carboxylic acids is 1. The van der Waals surface area contributed by atoms with E-state index in [0.29, 0.717) is 13.0 Å². The van der Waals surface area contributed by atoms with Crippen LogP contribution in [0.25, 0.3) is 0 Å². The van der Waals surface area contributed by atoms with E-state index < -0.39 is 5.97 Å². The van der Waals surface area contributed by atoms with E-state index in [0.717, 1.165) is 5.56 Å². The fraction of sp³-hybridized carbons (Fsp3) is 0.583. The Morgan fingerprint density at radius 1 is 1.58 bits per heavy atom. The summed E-state index contributed by atoms with van der Waals surface area (Å²) in [4.78, 5) is 23.8. The molecule has 7 nitrogen and oxygen atoms in total. The van der Waals surface area contributed by atoms with E-state index in [-0.39, 0.29) is 18.5 Å². The number of carbonyl (C=O) groups is 2. The van der Waals surface area contributed by atoms with Gasteiger partial charge in [0.25, 0.3) is 0 Å². The van der Waals surface area contributed by atoms with E-state index in [1.165, 1.54) is 4.90 Å². The number of rotatable bonds is 6. The predicted molar refractivity (Wildman–Crippen MR) is 69.5 cm³/mol. The van der Waals surface area contributed by atoms with Gasteiger partial charge in [-0.2, -0.15) is 5.10 Å². The monoisotopic (exact) mass is 268 g/mol. The molecule has 0 saturated carbocycles. The molecule has 19 heavy (non-hydrogen) atoms. The van der Waals surface area contributed by atoms with Crippen LogP contribution in [0.5, 0.6) is 0 Å². The van der Waals surface area contributed by atoms with Crippen molar-refractivity contribution in [2.45, 2.75) is 32.4 Å². The molecular weight excluding hydrogens is 248 g/mol. The highest BCUT2D eigenvalue weighted by molar-refractivity contribution is 5.74. The Morgan fingerprint density at radius 3 is 2.79 bits per heavy atom. The quantitative estimate of drug-likeness (QED) is 0.799. The second-order valence-electron chi connectivity index (χ2n) is 4.66. The summed E-state index contributed by atoms with van der Waals surface area (Å²) in [6.45, 7) is 2.25. The molecule has 0 aliphatic heterocycles. The van der Waals surface area contributed by atoms with Crippen LogP contribution in [0, 0.1) is 0 Å². The normalized spacial score (nSPS) is 11.9. The molecule has 0 spiro atoms. The van der Waals surface area contributed by atoms with Crippen molar-refractivity contribution in [1.29, 1.82) is 0 Å². The number of aryl methyl sites for hydroxylation is 1. The summed E-state index contributed by atoms with van der Waals surface area (Å²) in [5, 5.41) is 15.4. The van der Waals surface area contributed by atoms with Crippen molar-refractivity contribution >= 4 is 12.0 Å². The molecule has 1 atom stereocenters. The first-order chi connectivity index (χ1) is 8.88. The average molecular weight is 268 g/mol. The Morgan fingerprint density at radius 2 is 2.26 bits per heavy atom. The SMILES string of the molecule is CC(CCC(=O)O)NC(=O)N(C)Cc1cnn(C)c1. The molecule has 0 aromatic carbocycles. The molecular formula is C12H20N4O3. The van der Waals surface area contributed by atoms with Gasteiger partial charge < -0.3 is 15.3 Å². The minimum Gasteiger partial charge on any atom is -0.481 e. The Hall–Kier alpha value is -2.05.